The number of halogens is 1. The van der Waals surface area contributed by atoms with Gasteiger partial charge in [-0.15, -0.1) is 0 Å². The summed E-state index contributed by atoms with van der Waals surface area (Å²) >= 11 is 3.15. The van der Waals surface area contributed by atoms with Crippen molar-refractivity contribution in [3.05, 3.63) is 38.3 Å². The summed E-state index contributed by atoms with van der Waals surface area (Å²) in [6, 6.07) is 4.99. The van der Waals surface area contributed by atoms with Crippen LogP contribution in [0.25, 0.3) is 0 Å². The summed E-state index contributed by atoms with van der Waals surface area (Å²) in [7, 11) is 0. The van der Waals surface area contributed by atoms with Crippen molar-refractivity contribution in [1.29, 1.82) is 0 Å². The number of carbonyl (C=O) groups excluding carboxylic acids is 1. The average molecular weight is 344 g/mol. The molecule has 0 saturated carbocycles. The van der Waals surface area contributed by atoms with E-state index in [4.69, 9.17) is 10.5 Å². The van der Waals surface area contributed by atoms with Crippen molar-refractivity contribution >= 4 is 27.5 Å². The number of ether oxygens (including phenoxy) is 1. The van der Waals surface area contributed by atoms with Gasteiger partial charge in [-0.2, -0.15) is 0 Å². The second-order valence-electron chi connectivity index (χ2n) is 4.54. The Bertz CT molecular complexity index is 537. The molecule has 1 heterocycles. The number of nitrogens with two attached hydrogens (primary N) is 1. The van der Waals surface area contributed by atoms with Crippen LogP contribution in [0.5, 0.6) is 0 Å². The number of rotatable bonds is 4. The minimum Gasteiger partial charge on any atom is -0.367 e. The number of hydrogen-bond acceptors (Lipinski definition) is 5. The molecule has 0 aliphatic carbocycles. The van der Waals surface area contributed by atoms with Crippen LogP contribution in [0.4, 0.5) is 5.69 Å². The lowest BCUT2D eigenvalue weighted by molar-refractivity contribution is -0.385. The van der Waals surface area contributed by atoms with Crippen LogP contribution in [0, 0.1) is 10.1 Å². The van der Waals surface area contributed by atoms with Gasteiger partial charge in [-0.05, 0) is 27.6 Å². The SMILES string of the molecule is NC(=O)[C@H]1CN(Cc2ccc(Br)c([N+](=O)[O-])c2)CCO1. The second kappa shape index (κ2) is 6.29. The lowest BCUT2D eigenvalue weighted by Crippen LogP contribution is -2.47. The fourth-order valence-corrected chi connectivity index (χ4v) is 2.46. The van der Waals surface area contributed by atoms with Gasteiger partial charge in [-0.25, -0.2) is 0 Å². The molecule has 0 unspecified atom stereocenters. The molecule has 1 amide bonds. The van der Waals surface area contributed by atoms with Gasteiger partial charge < -0.3 is 10.5 Å². The first kappa shape index (κ1) is 14.9. The van der Waals surface area contributed by atoms with Crippen LogP contribution in [0.15, 0.2) is 22.7 Å². The summed E-state index contributed by atoms with van der Waals surface area (Å²) in [5, 5.41) is 10.9. The number of nitrogens with zero attached hydrogens (tertiary/aromatic N) is 2. The molecule has 1 aliphatic heterocycles. The number of carbonyl (C=O) groups is 1. The molecule has 7 nitrogen and oxygen atoms in total. The van der Waals surface area contributed by atoms with E-state index in [1.54, 1.807) is 6.07 Å². The maximum atomic E-state index is 11.1. The molecule has 2 N–H and O–H groups in total. The average Bonchev–Trinajstić information content (AvgIpc) is 2.41. The van der Waals surface area contributed by atoms with Gasteiger partial charge in [0.25, 0.3) is 5.69 Å². The molecular weight excluding hydrogens is 330 g/mol. The number of nitro benzene ring substituents is 1. The predicted molar refractivity (Wildman–Crippen MR) is 75.0 cm³/mol. The molecule has 1 aromatic carbocycles. The molecule has 0 aromatic heterocycles. The zero-order chi connectivity index (χ0) is 14.7. The van der Waals surface area contributed by atoms with E-state index < -0.39 is 16.9 Å². The minimum absolute atomic E-state index is 0.0298. The highest BCUT2D eigenvalue weighted by Gasteiger charge is 2.25. The standard InChI is InChI=1S/C12H14BrN3O4/c13-9-2-1-8(5-10(9)16(18)19)6-15-3-4-20-11(7-15)12(14)17/h1-2,5,11H,3-4,6-7H2,(H2,14,17)/t11-/m1/s1. The summed E-state index contributed by atoms with van der Waals surface area (Å²) in [6.45, 7) is 2.00. The summed E-state index contributed by atoms with van der Waals surface area (Å²) in [5.74, 6) is -0.489. The summed E-state index contributed by atoms with van der Waals surface area (Å²) in [5.41, 5.74) is 6.06. The van der Waals surface area contributed by atoms with Crippen molar-refractivity contribution in [2.75, 3.05) is 19.7 Å². The molecule has 1 saturated heterocycles. The summed E-state index contributed by atoms with van der Waals surface area (Å²) in [4.78, 5) is 23.6. The third kappa shape index (κ3) is 3.53. The van der Waals surface area contributed by atoms with Gasteiger partial charge >= 0.3 is 0 Å². The molecule has 8 heteroatoms. The van der Waals surface area contributed by atoms with E-state index in [0.29, 0.717) is 30.7 Å². The second-order valence-corrected chi connectivity index (χ2v) is 5.39. The van der Waals surface area contributed by atoms with Gasteiger partial charge in [0.05, 0.1) is 16.0 Å². The highest BCUT2D eigenvalue weighted by molar-refractivity contribution is 9.10. The third-order valence-corrected chi connectivity index (χ3v) is 3.75. The normalized spacial score (nSPS) is 19.8. The van der Waals surface area contributed by atoms with Crippen LogP contribution < -0.4 is 5.73 Å². The highest BCUT2D eigenvalue weighted by Crippen LogP contribution is 2.26. The Kier molecular flexibility index (Phi) is 4.69. The van der Waals surface area contributed by atoms with Gasteiger partial charge in [0, 0.05) is 25.7 Å². The first-order chi connectivity index (χ1) is 9.47. The van der Waals surface area contributed by atoms with Crippen LogP contribution in [0.1, 0.15) is 5.56 Å². The van der Waals surface area contributed by atoms with Gasteiger partial charge in [0.15, 0.2) is 0 Å². The molecule has 20 heavy (non-hydrogen) atoms. The maximum absolute atomic E-state index is 11.1. The number of amides is 1. The largest absolute Gasteiger partial charge is 0.367 e. The number of morpholine rings is 1. The number of hydrogen-bond donors (Lipinski definition) is 1. The van der Waals surface area contributed by atoms with Crippen LogP contribution in [0.2, 0.25) is 0 Å². The Morgan fingerprint density at radius 1 is 1.60 bits per heavy atom. The topological polar surface area (TPSA) is 98.7 Å². The Balaban J connectivity index is 2.08. The van der Waals surface area contributed by atoms with Gasteiger partial charge in [-0.3, -0.25) is 19.8 Å². The van der Waals surface area contributed by atoms with Gasteiger partial charge in [-0.1, -0.05) is 6.07 Å². The third-order valence-electron chi connectivity index (χ3n) is 3.08. The zero-order valence-corrected chi connectivity index (χ0v) is 12.2. The van der Waals surface area contributed by atoms with E-state index in [9.17, 15) is 14.9 Å². The first-order valence-electron chi connectivity index (χ1n) is 6.03. The monoisotopic (exact) mass is 343 g/mol. The van der Waals surface area contributed by atoms with Crippen LogP contribution in [-0.4, -0.2) is 41.5 Å². The summed E-state index contributed by atoms with van der Waals surface area (Å²) in [6.07, 6.45) is -0.616. The smallest absolute Gasteiger partial charge is 0.283 e. The number of primary amides is 1. The lowest BCUT2D eigenvalue weighted by Gasteiger charge is -2.31. The van der Waals surface area contributed by atoms with Gasteiger partial charge in [0.1, 0.15) is 6.10 Å². The highest BCUT2D eigenvalue weighted by atomic mass is 79.9. The molecule has 0 spiro atoms. The fourth-order valence-electron chi connectivity index (χ4n) is 2.07. The molecule has 0 radical (unpaired) electrons. The molecular formula is C12H14BrN3O4. The molecule has 2 rings (SSSR count). The minimum atomic E-state index is -0.616. The Hall–Kier alpha value is -1.51. The number of nitro groups is 1. The van der Waals surface area contributed by atoms with Crippen molar-refractivity contribution in [2.45, 2.75) is 12.6 Å². The maximum Gasteiger partial charge on any atom is 0.283 e. The van der Waals surface area contributed by atoms with E-state index >= 15 is 0 Å². The van der Waals surface area contributed by atoms with Crippen molar-refractivity contribution in [2.24, 2.45) is 5.73 Å². The molecule has 1 atom stereocenters. The molecule has 1 aromatic rings. The molecule has 1 aliphatic rings. The first-order valence-corrected chi connectivity index (χ1v) is 6.83. The quantitative estimate of drug-likeness (QED) is 0.650. The Labute approximate surface area is 124 Å². The number of benzene rings is 1. The van der Waals surface area contributed by atoms with Crippen LogP contribution in [-0.2, 0) is 16.1 Å². The molecule has 0 bridgehead atoms. The molecule has 1 fully saturated rings. The van der Waals surface area contributed by atoms with E-state index in [1.807, 2.05) is 11.0 Å². The zero-order valence-electron chi connectivity index (χ0n) is 10.6. The van der Waals surface area contributed by atoms with Crippen molar-refractivity contribution in [1.82, 2.24) is 4.90 Å². The van der Waals surface area contributed by atoms with Crippen LogP contribution in [0.3, 0.4) is 0 Å². The van der Waals surface area contributed by atoms with Crippen molar-refractivity contribution in [3.63, 3.8) is 0 Å². The van der Waals surface area contributed by atoms with E-state index in [1.165, 1.54) is 6.07 Å². The van der Waals surface area contributed by atoms with Crippen LogP contribution >= 0.6 is 15.9 Å². The molecule has 108 valence electrons. The van der Waals surface area contributed by atoms with Crippen molar-refractivity contribution < 1.29 is 14.5 Å². The lowest BCUT2D eigenvalue weighted by atomic mass is 10.1. The Morgan fingerprint density at radius 3 is 3.00 bits per heavy atom. The van der Waals surface area contributed by atoms with E-state index in [0.717, 1.165) is 5.56 Å². The van der Waals surface area contributed by atoms with E-state index in [2.05, 4.69) is 15.9 Å². The van der Waals surface area contributed by atoms with Gasteiger partial charge in [0.2, 0.25) is 5.91 Å². The fraction of sp³-hybridized carbons (Fsp3) is 0.417. The predicted octanol–water partition coefficient (Wildman–Crippen LogP) is 1.04. The Morgan fingerprint density at radius 2 is 2.35 bits per heavy atom. The van der Waals surface area contributed by atoms with Crippen molar-refractivity contribution in [3.8, 4) is 0 Å². The summed E-state index contributed by atoms with van der Waals surface area (Å²) < 4.78 is 5.70. The van der Waals surface area contributed by atoms with E-state index in [-0.39, 0.29) is 5.69 Å².